The average Bonchev–Trinajstić information content (AvgIpc) is 2.41. The molecule has 0 heterocycles. The van der Waals surface area contributed by atoms with E-state index in [1.54, 1.807) is 0 Å². The number of benzene rings is 1. The van der Waals surface area contributed by atoms with E-state index in [1.807, 2.05) is 31.2 Å². The average molecular weight is 285 g/mol. The van der Waals surface area contributed by atoms with Gasteiger partial charge in [-0.3, -0.25) is 0 Å². The molecule has 0 bridgehead atoms. The molecule has 19 heavy (non-hydrogen) atoms. The summed E-state index contributed by atoms with van der Waals surface area (Å²) in [6.07, 6.45) is 1.56. The second-order valence-corrected chi connectivity index (χ2v) is 4.57. The molecule has 0 aliphatic rings. The monoisotopic (exact) mass is 284 g/mol. The molecule has 1 rings (SSSR count). The Morgan fingerprint density at radius 2 is 1.89 bits per heavy atom. The Morgan fingerprint density at radius 1 is 1.21 bits per heavy atom. The van der Waals surface area contributed by atoms with E-state index < -0.39 is 0 Å². The minimum atomic E-state index is -0.152. The predicted octanol–water partition coefficient (Wildman–Crippen LogP) is 2.69. The van der Waals surface area contributed by atoms with Gasteiger partial charge in [-0.25, -0.2) is 4.79 Å². The largest absolute Gasteiger partial charge is 0.493 e. The summed E-state index contributed by atoms with van der Waals surface area (Å²) >= 11 is 5.51. The number of alkyl halides is 1. The summed E-state index contributed by atoms with van der Waals surface area (Å²) < 4.78 is 5.63. The zero-order chi connectivity index (χ0) is 13.9. The lowest BCUT2D eigenvalue weighted by Crippen LogP contribution is -2.37. The molecule has 2 amide bonds. The second kappa shape index (κ2) is 9.50. The van der Waals surface area contributed by atoms with Crippen molar-refractivity contribution in [2.75, 3.05) is 25.6 Å². The summed E-state index contributed by atoms with van der Waals surface area (Å²) in [6.45, 7) is 3.80. The van der Waals surface area contributed by atoms with Gasteiger partial charge in [0.25, 0.3) is 0 Å². The van der Waals surface area contributed by atoms with Gasteiger partial charge in [0, 0.05) is 19.0 Å². The van der Waals surface area contributed by atoms with Crippen LogP contribution in [-0.2, 0) is 0 Å². The standard InChI is InChI=1S/C14H21ClN2O2/c1-12-6-2-3-7-13(12)19-11-5-10-17-14(18)16-9-4-8-15/h2-3,6-7H,4-5,8-11H2,1H3,(H2,16,17,18). The molecule has 5 heteroatoms. The zero-order valence-electron chi connectivity index (χ0n) is 11.2. The Bertz CT molecular complexity index is 385. The van der Waals surface area contributed by atoms with Gasteiger partial charge in [-0.2, -0.15) is 0 Å². The van der Waals surface area contributed by atoms with Gasteiger partial charge >= 0.3 is 6.03 Å². The van der Waals surface area contributed by atoms with Crippen LogP contribution < -0.4 is 15.4 Å². The van der Waals surface area contributed by atoms with Crippen molar-refractivity contribution >= 4 is 17.6 Å². The van der Waals surface area contributed by atoms with Gasteiger partial charge in [0.2, 0.25) is 0 Å². The molecule has 0 radical (unpaired) electrons. The Morgan fingerprint density at radius 3 is 2.58 bits per heavy atom. The first kappa shape index (κ1) is 15.6. The van der Waals surface area contributed by atoms with Crippen molar-refractivity contribution in [1.29, 1.82) is 0 Å². The Labute approximate surface area is 119 Å². The molecule has 0 saturated heterocycles. The highest BCUT2D eigenvalue weighted by atomic mass is 35.5. The molecule has 106 valence electrons. The fourth-order valence-corrected chi connectivity index (χ4v) is 1.64. The number of aryl methyl sites for hydroxylation is 1. The van der Waals surface area contributed by atoms with Crippen molar-refractivity contribution in [2.24, 2.45) is 0 Å². The second-order valence-electron chi connectivity index (χ2n) is 4.19. The fourth-order valence-electron chi connectivity index (χ4n) is 1.51. The third-order valence-electron chi connectivity index (χ3n) is 2.55. The van der Waals surface area contributed by atoms with Gasteiger partial charge < -0.3 is 15.4 Å². The lowest BCUT2D eigenvalue weighted by atomic mass is 10.2. The van der Waals surface area contributed by atoms with Crippen LogP contribution >= 0.6 is 11.6 Å². The summed E-state index contributed by atoms with van der Waals surface area (Å²) in [5, 5.41) is 5.50. The smallest absolute Gasteiger partial charge is 0.314 e. The third kappa shape index (κ3) is 6.91. The number of nitrogens with one attached hydrogen (secondary N) is 2. The summed E-state index contributed by atoms with van der Waals surface area (Å²) in [7, 11) is 0. The molecule has 0 aliphatic heterocycles. The summed E-state index contributed by atoms with van der Waals surface area (Å²) in [5.41, 5.74) is 1.12. The highest BCUT2D eigenvalue weighted by Crippen LogP contribution is 2.15. The van der Waals surface area contributed by atoms with Crippen LogP contribution in [0.25, 0.3) is 0 Å². The Hall–Kier alpha value is -1.42. The number of ether oxygens (including phenoxy) is 1. The molecule has 0 atom stereocenters. The van der Waals surface area contributed by atoms with Crippen molar-refractivity contribution in [3.8, 4) is 5.75 Å². The summed E-state index contributed by atoms with van der Waals surface area (Å²) in [6, 6.07) is 7.74. The van der Waals surface area contributed by atoms with Crippen LogP contribution in [0.15, 0.2) is 24.3 Å². The summed E-state index contributed by atoms with van der Waals surface area (Å²) in [5.74, 6) is 1.46. The molecule has 1 aromatic carbocycles. The quantitative estimate of drug-likeness (QED) is 0.570. The molecule has 0 spiro atoms. The van der Waals surface area contributed by atoms with Crippen LogP contribution in [0, 0.1) is 6.92 Å². The maximum absolute atomic E-state index is 11.3. The number of hydrogen-bond acceptors (Lipinski definition) is 2. The van der Waals surface area contributed by atoms with Gasteiger partial charge in [0.05, 0.1) is 6.61 Å². The third-order valence-corrected chi connectivity index (χ3v) is 2.82. The van der Waals surface area contributed by atoms with Crippen LogP contribution in [0.2, 0.25) is 0 Å². The van der Waals surface area contributed by atoms with Crippen LogP contribution in [0.5, 0.6) is 5.75 Å². The molecular weight excluding hydrogens is 264 g/mol. The minimum absolute atomic E-state index is 0.152. The van der Waals surface area contributed by atoms with Crippen molar-refractivity contribution in [3.63, 3.8) is 0 Å². The van der Waals surface area contributed by atoms with Gasteiger partial charge in [-0.15, -0.1) is 11.6 Å². The number of urea groups is 1. The maximum Gasteiger partial charge on any atom is 0.314 e. The van der Waals surface area contributed by atoms with Crippen molar-refractivity contribution in [1.82, 2.24) is 10.6 Å². The first-order valence-corrected chi connectivity index (χ1v) is 7.03. The van der Waals surface area contributed by atoms with E-state index in [0.717, 1.165) is 24.2 Å². The molecule has 0 saturated carbocycles. The van der Waals surface area contributed by atoms with Crippen LogP contribution in [0.3, 0.4) is 0 Å². The van der Waals surface area contributed by atoms with E-state index in [9.17, 15) is 4.79 Å². The zero-order valence-corrected chi connectivity index (χ0v) is 12.0. The number of carbonyl (C=O) groups is 1. The highest BCUT2D eigenvalue weighted by molar-refractivity contribution is 6.17. The van der Waals surface area contributed by atoms with Crippen molar-refractivity contribution in [3.05, 3.63) is 29.8 Å². The number of hydrogen-bond donors (Lipinski definition) is 2. The first-order valence-electron chi connectivity index (χ1n) is 6.50. The topological polar surface area (TPSA) is 50.4 Å². The fraction of sp³-hybridized carbons (Fsp3) is 0.500. The minimum Gasteiger partial charge on any atom is -0.493 e. The number of para-hydroxylation sites is 1. The van der Waals surface area contributed by atoms with E-state index >= 15 is 0 Å². The number of rotatable bonds is 8. The summed E-state index contributed by atoms with van der Waals surface area (Å²) in [4.78, 5) is 11.3. The van der Waals surface area contributed by atoms with Crippen LogP contribution in [0.4, 0.5) is 4.79 Å². The molecule has 0 unspecified atom stereocenters. The Kier molecular flexibility index (Phi) is 7.82. The molecule has 0 fully saturated rings. The highest BCUT2D eigenvalue weighted by Gasteiger charge is 1.99. The van der Waals surface area contributed by atoms with E-state index in [1.165, 1.54) is 0 Å². The van der Waals surface area contributed by atoms with Gasteiger partial charge in [0.1, 0.15) is 5.75 Å². The van der Waals surface area contributed by atoms with Crippen LogP contribution in [-0.4, -0.2) is 31.6 Å². The predicted molar refractivity (Wildman–Crippen MR) is 78.0 cm³/mol. The SMILES string of the molecule is Cc1ccccc1OCCCNC(=O)NCCCCl. The van der Waals surface area contributed by atoms with Crippen molar-refractivity contribution in [2.45, 2.75) is 19.8 Å². The first-order chi connectivity index (χ1) is 9.24. The normalized spacial score (nSPS) is 10.0. The molecule has 4 nitrogen and oxygen atoms in total. The van der Waals surface area contributed by atoms with E-state index in [2.05, 4.69) is 10.6 Å². The lowest BCUT2D eigenvalue weighted by molar-refractivity contribution is 0.239. The number of carbonyl (C=O) groups excluding carboxylic acids is 1. The van der Waals surface area contributed by atoms with E-state index in [-0.39, 0.29) is 6.03 Å². The lowest BCUT2D eigenvalue weighted by Gasteiger charge is -2.09. The Balaban J connectivity index is 2.05. The molecule has 0 aromatic heterocycles. The number of halogens is 1. The van der Waals surface area contributed by atoms with Gasteiger partial charge in [-0.1, -0.05) is 18.2 Å². The van der Waals surface area contributed by atoms with E-state index in [4.69, 9.17) is 16.3 Å². The molecular formula is C14H21ClN2O2. The molecule has 0 aliphatic carbocycles. The maximum atomic E-state index is 11.3. The molecule has 2 N–H and O–H groups in total. The number of amides is 2. The van der Waals surface area contributed by atoms with E-state index in [0.29, 0.717) is 25.6 Å². The molecule has 1 aromatic rings. The van der Waals surface area contributed by atoms with Crippen molar-refractivity contribution < 1.29 is 9.53 Å². The van der Waals surface area contributed by atoms with Gasteiger partial charge in [-0.05, 0) is 31.4 Å². The van der Waals surface area contributed by atoms with Crippen LogP contribution in [0.1, 0.15) is 18.4 Å². The van der Waals surface area contributed by atoms with Gasteiger partial charge in [0.15, 0.2) is 0 Å².